The highest BCUT2D eigenvalue weighted by Crippen LogP contribution is 2.38. The van der Waals surface area contributed by atoms with Gasteiger partial charge in [-0.3, -0.25) is 4.79 Å². The maximum absolute atomic E-state index is 13.0. The van der Waals surface area contributed by atoms with E-state index in [-0.39, 0.29) is 29.1 Å². The summed E-state index contributed by atoms with van der Waals surface area (Å²) < 4.78 is 60.0. The molecule has 35 heavy (non-hydrogen) atoms. The molecule has 4 rings (SSSR count). The Balaban J connectivity index is 1.39. The van der Waals surface area contributed by atoms with Gasteiger partial charge in [-0.15, -0.1) is 0 Å². The lowest BCUT2D eigenvalue weighted by Gasteiger charge is -2.36. The Morgan fingerprint density at radius 1 is 1.09 bits per heavy atom. The van der Waals surface area contributed by atoms with Crippen LogP contribution in [0.1, 0.15) is 22.9 Å². The van der Waals surface area contributed by atoms with E-state index in [2.05, 4.69) is 10.1 Å². The van der Waals surface area contributed by atoms with Gasteiger partial charge in [-0.05, 0) is 35.9 Å². The number of amides is 1. The molecule has 2 heterocycles. The molecule has 0 aliphatic carbocycles. The average molecular weight is 489 g/mol. The number of alkyl halides is 3. The van der Waals surface area contributed by atoms with Gasteiger partial charge < -0.3 is 23.6 Å². The van der Waals surface area contributed by atoms with E-state index in [1.165, 1.54) is 39.5 Å². The first-order valence-corrected chi connectivity index (χ1v) is 10.5. The largest absolute Gasteiger partial charge is 0.493 e. The van der Waals surface area contributed by atoms with Crippen molar-refractivity contribution in [3.05, 3.63) is 59.5 Å². The van der Waals surface area contributed by atoms with Crippen LogP contribution >= 0.6 is 0 Å². The van der Waals surface area contributed by atoms with Crippen LogP contribution in [0.2, 0.25) is 0 Å². The molecule has 1 aromatic heterocycles. The number of halogens is 3. The van der Waals surface area contributed by atoms with Crippen LogP contribution in [0.3, 0.4) is 0 Å². The first kappa shape index (κ1) is 24.1. The third kappa shape index (κ3) is 5.08. The number of nitrogens with zero attached hydrogens (tertiary/aromatic N) is 3. The Bertz CT molecular complexity index is 1220. The molecule has 1 aliphatic heterocycles. The quantitative estimate of drug-likeness (QED) is 0.454. The molecule has 1 aliphatic rings. The smallest absolute Gasteiger partial charge is 0.416 e. The molecule has 8 nitrogen and oxygen atoms in total. The van der Waals surface area contributed by atoms with Gasteiger partial charge in [0.15, 0.2) is 11.5 Å². The number of carbonyl (C=O) groups is 1. The second-order valence-corrected chi connectivity index (χ2v) is 7.77. The summed E-state index contributed by atoms with van der Waals surface area (Å²) in [6, 6.07) is 8.16. The van der Waals surface area contributed by atoms with Gasteiger partial charge in [0.25, 0.3) is 0 Å². The molecule has 0 N–H and O–H groups in total. The molecule has 1 amide bonds. The van der Waals surface area contributed by atoms with E-state index in [9.17, 15) is 18.0 Å². The molecule has 1 fully saturated rings. The Hall–Kier alpha value is -4.02. The fourth-order valence-electron chi connectivity index (χ4n) is 3.64. The molecular weight excluding hydrogens is 467 g/mol. The van der Waals surface area contributed by atoms with Gasteiger partial charge in [-0.2, -0.15) is 18.2 Å². The molecular formula is C24H22F3N3O5. The van der Waals surface area contributed by atoms with Crippen molar-refractivity contribution < 1.29 is 36.7 Å². The number of aromatic nitrogens is 2. The standard InChI is InChI=1S/C24H22F3N3O5/c1-32-18-9-14(10-19(33-2)21(18)34-3)7-8-20(31)30-12-16(13-30)23-28-22(29-35-23)15-5-4-6-17(11-15)24(25,26)27/h4-11,16H,12-13H2,1-3H3/b8-7+. The van der Waals surface area contributed by atoms with Gasteiger partial charge in [-0.1, -0.05) is 17.3 Å². The van der Waals surface area contributed by atoms with Crippen molar-refractivity contribution in [2.24, 2.45) is 0 Å². The molecule has 0 atom stereocenters. The summed E-state index contributed by atoms with van der Waals surface area (Å²) in [5.74, 6) is 1.32. The third-order valence-electron chi connectivity index (χ3n) is 5.54. The highest BCUT2D eigenvalue weighted by atomic mass is 19.4. The maximum Gasteiger partial charge on any atom is 0.416 e. The summed E-state index contributed by atoms with van der Waals surface area (Å²) >= 11 is 0. The Labute approximate surface area is 198 Å². The highest BCUT2D eigenvalue weighted by Gasteiger charge is 2.35. The zero-order chi connectivity index (χ0) is 25.2. The first-order valence-electron chi connectivity index (χ1n) is 10.5. The van der Waals surface area contributed by atoms with E-state index in [1.54, 1.807) is 23.1 Å². The number of methoxy groups -OCH3 is 3. The molecule has 1 saturated heterocycles. The van der Waals surface area contributed by atoms with Crippen LogP contribution in [0.25, 0.3) is 17.5 Å². The third-order valence-corrected chi connectivity index (χ3v) is 5.54. The number of carbonyl (C=O) groups excluding carboxylic acids is 1. The fraction of sp³-hybridized carbons (Fsp3) is 0.292. The molecule has 0 spiro atoms. The van der Waals surface area contributed by atoms with Crippen LogP contribution in [0.4, 0.5) is 13.2 Å². The summed E-state index contributed by atoms with van der Waals surface area (Å²) in [5, 5.41) is 3.80. The van der Waals surface area contributed by atoms with E-state index >= 15 is 0 Å². The average Bonchev–Trinajstić information content (AvgIpc) is 3.30. The van der Waals surface area contributed by atoms with Crippen LogP contribution in [0.5, 0.6) is 17.2 Å². The van der Waals surface area contributed by atoms with Crippen molar-refractivity contribution in [3.63, 3.8) is 0 Å². The number of hydrogen-bond donors (Lipinski definition) is 0. The monoisotopic (exact) mass is 489 g/mol. The molecule has 184 valence electrons. The van der Waals surface area contributed by atoms with E-state index in [0.717, 1.165) is 12.1 Å². The molecule has 2 aromatic carbocycles. The predicted molar refractivity (Wildman–Crippen MR) is 119 cm³/mol. The first-order chi connectivity index (χ1) is 16.7. The van der Waals surface area contributed by atoms with Crippen molar-refractivity contribution in [2.75, 3.05) is 34.4 Å². The summed E-state index contributed by atoms with van der Waals surface area (Å²) in [5.41, 5.74) is 0.101. The van der Waals surface area contributed by atoms with Crippen molar-refractivity contribution in [1.82, 2.24) is 15.0 Å². The summed E-state index contributed by atoms with van der Waals surface area (Å²) in [7, 11) is 4.52. The summed E-state index contributed by atoms with van der Waals surface area (Å²) in [6.45, 7) is 0.700. The molecule has 0 saturated carbocycles. The number of rotatable bonds is 7. The number of ether oxygens (including phenoxy) is 3. The van der Waals surface area contributed by atoms with Crippen molar-refractivity contribution >= 4 is 12.0 Å². The molecule has 0 bridgehead atoms. The van der Waals surface area contributed by atoms with E-state index in [4.69, 9.17) is 18.7 Å². The van der Waals surface area contributed by atoms with E-state index in [1.807, 2.05) is 0 Å². The topological polar surface area (TPSA) is 86.9 Å². The number of likely N-dealkylation sites (tertiary alicyclic amines) is 1. The molecule has 0 unspecified atom stereocenters. The van der Waals surface area contributed by atoms with Gasteiger partial charge in [0, 0.05) is 24.7 Å². The van der Waals surface area contributed by atoms with Crippen LogP contribution in [0, 0.1) is 0 Å². The molecule has 0 radical (unpaired) electrons. The molecule has 3 aromatic rings. The minimum Gasteiger partial charge on any atom is -0.493 e. The van der Waals surface area contributed by atoms with Crippen LogP contribution in [0.15, 0.2) is 47.0 Å². The second kappa shape index (κ2) is 9.69. The lowest BCUT2D eigenvalue weighted by molar-refractivity contribution is -0.137. The van der Waals surface area contributed by atoms with Crippen LogP contribution in [-0.2, 0) is 11.0 Å². The Kier molecular flexibility index (Phi) is 6.68. The summed E-state index contributed by atoms with van der Waals surface area (Å²) in [4.78, 5) is 18.4. The van der Waals surface area contributed by atoms with Gasteiger partial charge in [-0.25, -0.2) is 0 Å². The SMILES string of the molecule is COc1cc(/C=C/C(=O)N2CC(c3nc(-c4cccc(C(F)(F)F)c4)no3)C2)cc(OC)c1OC. The molecule has 11 heteroatoms. The predicted octanol–water partition coefficient (Wildman–Crippen LogP) is 4.42. The van der Waals surface area contributed by atoms with Gasteiger partial charge in [0.05, 0.1) is 32.8 Å². The number of benzene rings is 2. The fourth-order valence-corrected chi connectivity index (χ4v) is 3.64. The zero-order valence-electron chi connectivity index (χ0n) is 19.1. The second-order valence-electron chi connectivity index (χ2n) is 7.77. The highest BCUT2D eigenvalue weighted by molar-refractivity contribution is 5.92. The minimum absolute atomic E-state index is 0.0678. The lowest BCUT2D eigenvalue weighted by Crippen LogP contribution is -2.47. The van der Waals surface area contributed by atoms with Gasteiger partial charge in [0.2, 0.25) is 23.4 Å². The van der Waals surface area contributed by atoms with Crippen molar-refractivity contribution in [3.8, 4) is 28.6 Å². The maximum atomic E-state index is 13.0. The van der Waals surface area contributed by atoms with Gasteiger partial charge in [0.1, 0.15) is 0 Å². The van der Waals surface area contributed by atoms with Crippen molar-refractivity contribution in [2.45, 2.75) is 12.1 Å². The van der Waals surface area contributed by atoms with E-state index < -0.39 is 11.7 Å². The lowest BCUT2D eigenvalue weighted by atomic mass is 10.00. The minimum atomic E-state index is -4.47. The zero-order valence-corrected chi connectivity index (χ0v) is 19.1. The summed E-state index contributed by atoms with van der Waals surface area (Å²) in [6.07, 6.45) is -1.40. The normalized spacial score (nSPS) is 14.2. The van der Waals surface area contributed by atoms with Gasteiger partial charge >= 0.3 is 6.18 Å². The van der Waals surface area contributed by atoms with Crippen molar-refractivity contribution in [1.29, 1.82) is 0 Å². The Morgan fingerprint density at radius 2 is 1.77 bits per heavy atom. The van der Waals surface area contributed by atoms with Crippen LogP contribution in [-0.4, -0.2) is 55.4 Å². The van der Waals surface area contributed by atoms with Crippen LogP contribution < -0.4 is 14.2 Å². The number of hydrogen-bond acceptors (Lipinski definition) is 7. The Morgan fingerprint density at radius 3 is 2.37 bits per heavy atom. The van der Waals surface area contributed by atoms with E-state index in [0.29, 0.717) is 35.9 Å².